The first-order valence-corrected chi connectivity index (χ1v) is 6.95. The quantitative estimate of drug-likeness (QED) is 0.690. The summed E-state index contributed by atoms with van der Waals surface area (Å²) in [5.74, 6) is 0.617. The van der Waals surface area contributed by atoms with Crippen LogP contribution in [-0.2, 0) is 12.4 Å². The van der Waals surface area contributed by atoms with E-state index in [1.165, 1.54) is 6.07 Å². The second kappa shape index (κ2) is 5.55. The molecule has 0 atom stereocenters. The maximum atomic E-state index is 13.8. The van der Waals surface area contributed by atoms with Crippen LogP contribution in [0.25, 0.3) is 11.0 Å². The summed E-state index contributed by atoms with van der Waals surface area (Å²) in [5, 5.41) is 9.02. The van der Waals surface area contributed by atoms with Crippen LogP contribution < -0.4 is 0 Å². The van der Waals surface area contributed by atoms with Crippen molar-refractivity contribution in [2.24, 2.45) is 0 Å². The van der Waals surface area contributed by atoms with E-state index in [0.717, 1.165) is 11.0 Å². The Balaban J connectivity index is 2.16. The Kier molecular flexibility index (Phi) is 3.59. The first-order valence-electron chi connectivity index (χ1n) is 6.41. The monoisotopic (exact) mass is 299 g/mol. The molecule has 21 heavy (non-hydrogen) atoms. The molecule has 0 saturated heterocycles. The van der Waals surface area contributed by atoms with E-state index in [0.29, 0.717) is 23.5 Å². The first-order chi connectivity index (χ1) is 10.2. The molecule has 1 heterocycles. The summed E-state index contributed by atoms with van der Waals surface area (Å²) in [7, 11) is 0. The minimum atomic E-state index is -0.267. The van der Waals surface area contributed by atoms with Gasteiger partial charge in [0.05, 0.1) is 35.1 Å². The molecule has 0 N–H and O–H groups in total. The van der Waals surface area contributed by atoms with E-state index in [9.17, 15) is 4.39 Å². The second-order valence-corrected chi connectivity index (χ2v) is 4.92. The lowest BCUT2D eigenvalue weighted by molar-refractivity contribution is 0.599. The molecule has 0 fully saturated rings. The predicted molar refractivity (Wildman–Crippen MR) is 79.5 cm³/mol. The lowest BCUT2D eigenvalue weighted by Crippen LogP contribution is -2.05. The van der Waals surface area contributed by atoms with Crippen LogP contribution in [0, 0.1) is 17.1 Å². The molecular weight excluding hydrogens is 289 g/mol. The van der Waals surface area contributed by atoms with Crippen LogP contribution in [0.15, 0.2) is 42.5 Å². The predicted octanol–water partition coefficient (Wildman–Crippen LogP) is 3.83. The van der Waals surface area contributed by atoms with Crippen molar-refractivity contribution in [3.8, 4) is 6.07 Å². The summed E-state index contributed by atoms with van der Waals surface area (Å²) >= 11 is 5.94. The van der Waals surface area contributed by atoms with Crippen molar-refractivity contribution >= 4 is 22.6 Å². The van der Waals surface area contributed by atoms with Crippen LogP contribution in [0.5, 0.6) is 0 Å². The van der Waals surface area contributed by atoms with Crippen LogP contribution in [0.4, 0.5) is 4.39 Å². The van der Waals surface area contributed by atoms with Gasteiger partial charge in [-0.05, 0) is 24.3 Å². The van der Waals surface area contributed by atoms with Gasteiger partial charge in [-0.1, -0.05) is 18.2 Å². The van der Waals surface area contributed by atoms with Gasteiger partial charge in [0.25, 0.3) is 0 Å². The molecule has 0 radical (unpaired) electrons. The zero-order valence-corrected chi connectivity index (χ0v) is 11.8. The van der Waals surface area contributed by atoms with Gasteiger partial charge >= 0.3 is 0 Å². The maximum absolute atomic E-state index is 13.8. The zero-order valence-electron chi connectivity index (χ0n) is 11.1. The summed E-state index contributed by atoms with van der Waals surface area (Å²) in [6, 6.07) is 13.9. The van der Waals surface area contributed by atoms with Gasteiger partial charge in [0.15, 0.2) is 0 Å². The Hall–Kier alpha value is -2.38. The number of hydrogen-bond donors (Lipinski definition) is 0. The van der Waals surface area contributed by atoms with Gasteiger partial charge in [0.2, 0.25) is 0 Å². The number of hydrogen-bond acceptors (Lipinski definition) is 2. The Morgan fingerprint density at radius 2 is 2.05 bits per heavy atom. The van der Waals surface area contributed by atoms with Gasteiger partial charge < -0.3 is 4.57 Å². The SMILES string of the molecule is N#Cc1ccc2nc(CCl)n(Cc3ccccc3F)c2c1. The number of imidazole rings is 1. The highest BCUT2D eigenvalue weighted by molar-refractivity contribution is 6.16. The van der Waals surface area contributed by atoms with Crippen molar-refractivity contribution in [1.82, 2.24) is 9.55 Å². The van der Waals surface area contributed by atoms with Crippen molar-refractivity contribution in [2.75, 3.05) is 0 Å². The lowest BCUT2D eigenvalue weighted by atomic mass is 10.2. The molecule has 2 aromatic carbocycles. The molecule has 5 heteroatoms. The number of alkyl halides is 1. The standard InChI is InChI=1S/C16H11ClFN3/c17-8-16-20-14-6-5-11(9-19)7-15(14)21(16)10-12-3-1-2-4-13(12)18/h1-7H,8,10H2. The van der Waals surface area contributed by atoms with Gasteiger partial charge in [-0.2, -0.15) is 5.26 Å². The molecule has 0 aliphatic heterocycles. The number of nitriles is 1. The summed E-state index contributed by atoms with van der Waals surface area (Å²) < 4.78 is 15.7. The van der Waals surface area contributed by atoms with Crippen molar-refractivity contribution < 1.29 is 4.39 Å². The fourth-order valence-electron chi connectivity index (χ4n) is 2.32. The van der Waals surface area contributed by atoms with E-state index in [-0.39, 0.29) is 11.7 Å². The molecule has 104 valence electrons. The number of benzene rings is 2. The number of halogens is 2. The van der Waals surface area contributed by atoms with E-state index in [2.05, 4.69) is 11.1 Å². The van der Waals surface area contributed by atoms with E-state index < -0.39 is 0 Å². The van der Waals surface area contributed by atoms with E-state index in [4.69, 9.17) is 16.9 Å². The normalized spacial score (nSPS) is 10.7. The van der Waals surface area contributed by atoms with Gasteiger partial charge in [-0.3, -0.25) is 0 Å². The molecule has 1 aromatic heterocycles. The molecule has 0 bridgehead atoms. The largest absolute Gasteiger partial charge is 0.322 e. The van der Waals surface area contributed by atoms with Crippen molar-refractivity contribution in [1.29, 1.82) is 5.26 Å². The average molecular weight is 300 g/mol. The van der Waals surface area contributed by atoms with E-state index >= 15 is 0 Å². The number of rotatable bonds is 3. The summed E-state index contributed by atoms with van der Waals surface area (Å²) in [6.45, 7) is 0.333. The van der Waals surface area contributed by atoms with Crippen LogP contribution in [0.3, 0.4) is 0 Å². The Labute approximate surface area is 126 Å². The summed E-state index contributed by atoms with van der Waals surface area (Å²) in [4.78, 5) is 4.43. The maximum Gasteiger partial charge on any atom is 0.128 e. The molecule has 3 nitrogen and oxygen atoms in total. The zero-order chi connectivity index (χ0) is 14.8. The molecule has 0 aliphatic carbocycles. The van der Waals surface area contributed by atoms with E-state index in [1.807, 2.05) is 4.57 Å². The highest BCUT2D eigenvalue weighted by Gasteiger charge is 2.12. The van der Waals surface area contributed by atoms with Crippen LogP contribution in [0.2, 0.25) is 0 Å². The lowest BCUT2D eigenvalue weighted by Gasteiger charge is -2.09. The summed E-state index contributed by atoms with van der Waals surface area (Å²) in [6.07, 6.45) is 0. The molecule has 0 unspecified atom stereocenters. The van der Waals surface area contributed by atoms with E-state index in [1.54, 1.807) is 36.4 Å². The molecule has 0 amide bonds. The van der Waals surface area contributed by atoms with Crippen LogP contribution in [0.1, 0.15) is 17.0 Å². The van der Waals surface area contributed by atoms with Crippen molar-refractivity contribution in [2.45, 2.75) is 12.4 Å². The van der Waals surface area contributed by atoms with Gasteiger partial charge in [0.1, 0.15) is 11.6 Å². The molecule has 3 rings (SSSR count). The number of fused-ring (bicyclic) bond motifs is 1. The van der Waals surface area contributed by atoms with Crippen LogP contribution >= 0.6 is 11.6 Å². The molecule has 0 spiro atoms. The number of nitrogens with zero attached hydrogens (tertiary/aromatic N) is 3. The Bertz CT molecular complexity index is 848. The van der Waals surface area contributed by atoms with Gasteiger partial charge in [-0.15, -0.1) is 11.6 Å². The fourth-order valence-corrected chi connectivity index (χ4v) is 2.52. The minimum absolute atomic E-state index is 0.227. The third kappa shape index (κ3) is 2.48. The molecule has 0 aliphatic rings. The molecular formula is C16H11ClFN3. The number of aromatic nitrogens is 2. The summed E-state index contributed by atoms with van der Waals surface area (Å²) in [5.41, 5.74) is 2.64. The van der Waals surface area contributed by atoms with Gasteiger partial charge in [-0.25, -0.2) is 9.37 Å². The smallest absolute Gasteiger partial charge is 0.128 e. The highest BCUT2D eigenvalue weighted by Crippen LogP contribution is 2.21. The van der Waals surface area contributed by atoms with Crippen LogP contribution in [-0.4, -0.2) is 9.55 Å². The molecule has 3 aromatic rings. The fraction of sp³-hybridized carbons (Fsp3) is 0.125. The van der Waals surface area contributed by atoms with Crippen molar-refractivity contribution in [3.05, 3.63) is 65.2 Å². The Morgan fingerprint density at radius 3 is 2.76 bits per heavy atom. The van der Waals surface area contributed by atoms with Crippen molar-refractivity contribution in [3.63, 3.8) is 0 Å². The average Bonchev–Trinajstić information content (AvgIpc) is 2.86. The van der Waals surface area contributed by atoms with Gasteiger partial charge in [0, 0.05) is 5.56 Å². The molecule has 0 saturated carbocycles. The third-order valence-corrected chi connectivity index (χ3v) is 3.60. The second-order valence-electron chi connectivity index (χ2n) is 4.65. The third-order valence-electron chi connectivity index (χ3n) is 3.36. The Morgan fingerprint density at radius 1 is 1.24 bits per heavy atom. The first kappa shape index (κ1) is 13.6. The minimum Gasteiger partial charge on any atom is -0.322 e. The topological polar surface area (TPSA) is 41.6 Å². The highest BCUT2D eigenvalue weighted by atomic mass is 35.5.